The third-order valence-electron chi connectivity index (χ3n) is 3.22. The van der Waals surface area contributed by atoms with E-state index in [4.69, 9.17) is 0 Å². The number of aromatic nitrogens is 1. The first kappa shape index (κ1) is 15.3. The Morgan fingerprint density at radius 2 is 1.91 bits per heavy atom. The van der Waals surface area contributed by atoms with Crippen LogP contribution in [0.2, 0.25) is 0 Å². The van der Waals surface area contributed by atoms with E-state index in [1.54, 1.807) is 48.9 Å². The number of hydrogen-bond acceptors (Lipinski definition) is 6. The molecule has 2 aromatic rings. The third-order valence-corrected chi connectivity index (χ3v) is 4.55. The lowest BCUT2D eigenvalue weighted by molar-refractivity contribution is 0.254. The summed E-state index contributed by atoms with van der Waals surface area (Å²) in [5.74, 6) is 0.208. The number of fused-ring (bicyclic) bond motifs is 1. The van der Waals surface area contributed by atoms with Crippen molar-refractivity contribution in [1.29, 1.82) is 0 Å². The first-order chi connectivity index (χ1) is 11.1. The number of nitrogens with zero attached hydrogens (tertiary/aromatic N) is 4. The molecule has 1 N–H and O–H groups in total. The molecule has 0 spiro atoms. The van der Waals surface area contributed by atoms with Crippen molar-refractivity contribution in [2.45, 2.75) is 4.90 Å². The van der Waals surface area contributed by atoms with Crippen LogP contribution in [-0.4, -0.2) is 48.7 Å². The molecular formula is C15H14N4O3S. The molecule has 3 rings (SSSR count). The van der Waals surface area contributed by atoms with Crippen LogP contribution in [0.5, 0.6) is 0 Å². The van der Waals surface area contributed by atoms with E-state index in [1.165, 1.54) is 11.1 Å². The van der Waals surface area contributed by atoms with E-state index in [1.807, 2.05) is 0 Å². The Hall–Kier alpha value is -2.58. The van der Waals surface area contributed by atoms with E-state index < -0.39 is 10.0 Å². The highest BCUT2D eigenvalue weighted by Gasteiger charge is 2.31. The van der Waals surface area contributed by atoms with Gasteiger partial charge >= 0.3 is 0 Å². The van der Waals surface area contributed by atoms with Crippen LogP contribution in [0.15, 0.2) is 63.2 Å². The summed E-state index contributed by atoms with van der Waals surface area (Å²) in [6.07, 6.45) is 4.82. The Morgan fingerprint density at radius 3 is 2.65 bits per heavy atom. The summed E-state index contributed by atoms with van der Waals surface area (Å²) in [7, 11) is -3.72. The zero-order valence-corrected chi connectivity index (χ0v) is 12.9. The number of amidine groups is 1. The van der Waals surface area contributed by atoms with Gasteiger partial charge in [-0.05, 0) is 29.8 Å². The molecule has 1 aromatic carbocycles. The van der Waals surface area contributed by atoms with E-state index in [9.17, 15) is 13.5 Å². The van der Waals surface area contributed by atoms with Crippen molar-refractivity contribution in [2.75, 3.05) is 13.2 Å². The van der Waals surface area contributed by atoms with Crippen molar-refractivity contribution in [3.63, 3.8) is 0 Å². The van der Waals surface area contributed by atoms with Gasteiger partial charge in [0.25, 0.3) is 10.0 Å². The lowest BCUT2D eigenvalue weighted by Crippen LogP contribution is -2.28. The van der Waals surface area contributed by atoms with Crippen LogP contribution >= 0.6 is 0 Å². The molecule has 0 saturated carbocycles. The van der Waals surface area contributed by atoms with Crippen LogP contribution in [0.25, 0.3) is 0 Å². The zero-order valence-electron chi connectivity index (χ0n) is 12.1. The van der Waals surface area contributed by atoms with Gasteiger partial charge in [-0.25, -0.2) is 5.01 Å². The van der Waals surface area contributed by atoms with Crippen LogP contribution < -0.4 is 0 Å². The fraction of sp³-hybridized carbons (Fsp3) is 0.133. The molecule has 1 aliphatic heterocycles. The van der Waals surface area contributed by atoms with Crippen molar-refractivity contribution >= 4 is 22.1 Å². The molecule has 0 bridgehead atoms. The van der Waals surface area contributed by atoms with Gasteiger partial charge in [0.1, 0.15) is 4.90 Å². The van der Waals surface area contributed by atoms with Crippen molar-refractivity contribution in [1.82, 2.24) is 9.99 Å². The Kier molecular flexibility index (Phi) is 4.18. The quantitative estimate of drug-likeness (QED) is 0.662. The average Bonchev–Trinajstić information content (AvgIpc) is 2.84. The van der Waals surface area contributed by atoms with Gasteiger partial charge < -0.3 is 5.11 Å². The summed E-state index contributed by atoms with van der Waals surface area (Å²) in [6.45, 7) is -0.0564. The number of sulfonamides is 1. The number of aliphatic hydroxyl groups is 1. The summed E-state index contributed by atoms with van der Waals surface area (Å²) >= 11 is 0. The van der Waals surface area contributed by atoms with Crippen molar-refractivity contribution in [3.8, 4) is 0 Å². The largest absolute Gasteiger partial charge is 0.394 e. The fourth-order valence-corrected chi connectivity index (χ4v) is 3.38. The molecular weight excluding hydrogens is 316 g/mol. The van der Waals surface area contributed by atoms with E-state index in [0.717, 1.165) is 5.56 Å². The molecule has 118 valence electrons. The average molecular weight is 330 g/mol. The molecule has 0 radical (unpaired) electrons. The van der Waals surface area contributed by atoms with Gasteiger partial charge in [-0.1, -0.05) is 12.1 Å². The van der Waals surface area contributed by atoms with Gasteiger partial charge in [-0.3, -0.25) is 4.98 Å². The summed E-state index contributed by atoms with van der Waals surface area (Å²) in [5, 5.41) is 14.9. The molecule has 2 heterocycles. The Balaban J connectivity index is 1.98. The molecule has 0 unspecified atom stereocenters. The molecule has 7 nitrogen and oxygen atoms in total. The van der Waals surface area contributed by atoms with Crippen LogP contribution in [0, 0.1) is 0 Å². The summed E-state index contributed by atoms with van der Waals surface area (Å²) < 4.78 is 28.0. The van der Waals surface area contributed by atoms with Gasteiger partial charge in [0.2, 0.25) is 0 Å². The predicted molar refractivity (Wildman–Crippen MR) is 85.8 cm³/mol. The molecule has 23 heavy (non-hydrogen) atoms. The minimum absolute atomic E-state index is 0.129. The van der Waals surface area contributed by atoms with Crippen LogP contribution in [0.1, 0.15) is 11.1 Å². The smallest absolute Gasteiger partial charge is 0.285 e. The highest BCUT2D eigenvalue weighted by atomic mass is 32.2. The Morgan fingerprint density at radius 1 is 1.17 bits per heavy atom. The number of aliphatic hydroxyl groups excluding tert-OH is 1. The highest BCUT2D eigenvalue weighted by molar-refractivity contribution is 7.90. The van der Waals surface area contributed by atoms with Crippen LogP contribution in [0.4, 0.5) is 0 Å². The molecule has 8 heteroatoms. The first-order valence-corrected chi connectivity index (χ1v) is 8.32. The maximum Gasteiger partial charge on any atom is 0.285 e. The lowest BCUT2D eigenvalue weighted by atomic mass is 10.2. The summed E-state index contributed by atoms with van der Waals surface area (Å²) in [4.78, 5) is 4.07. The minimum Gasteiger partial charge on any atom is -0.394 e. The maximum atomic E-state index is 12.1. The second kappa shape index (κ2) is 6.27. The number of rotatable bonds is 4. The molecule has 0 fully saturated rings. The number of pyridine rings is 1. The molecule has 0 amide bonds. The fourth-order valence-electron chi connectivity index (χ4n) is 2.17. The van der Waals surface area contributed by atoms with E-state index >= 15 is 0 Å². The van der Waals surface area contributed by atoms with E-state index in [-0.39, 0.29) is 23.9 Å². The van der Waals surface area contributed by atoms with Crippen molar-refractivity contribution < 1.29 is 13.5 Å². The van der Waals surface area contributed by atoms with Crippen LogP contribution in [-0.2, 0) is 10.0 Å². The number of hydrogen-bond donors (Lipinski definition) is 1. The normalized spacial score (nSPS) is 15.4. The second-order valence-corrected chi connectivity index (χ2v) is 6.33. The standard InChI is InChI=1S/C15H14N4O3S/c20-10-9-19(17-11-12-5-7-16-8-6-12)15-13-3-1-2-4-14(13)23(21,22)18-15/h1-8,11,20H,9-10H2/b17-11-. The van der Waals surface area contributed by atoms with Crippen LogP contribution in [0.3, 0.4) is 0 Å². The van der Waals surface area contributed by atoms with Crippen molar-refractivity contribution in [3.05, 3.63) is 59.9 Å². The van der Waals surface area contributed by atoms with E-state index in [2.05, 4.69) is 14.5 Å². The van der Waals surface area contributed by atoms with Crippen molar-refractivity contribution in [2.24, 2.45) is 9.50 Å². The zero-order chi connectivity index (χ0) is 16.3. The second-order valence-electron chi connectivity index (χ2n) is 4.76. The molecule has 0 aliphatic carbocycles. The molecule has 0 saturated heterocycles. The Labute approximate surface area is 133 Å². The molecule has 1 aromatic heterocycles. The number of hydrazone groups is 1. The monoisotopic (exact) mass is 330 g/mol. The first-order valence-electron chi connectivity index (χ1n) is 6.88. The van der Waals surface area contributed by atoms with Gasteiger partial charge in [0, 0.05) is 18.0 Å². The lowest BCUT2D eigenvalue weighted by Gasteiger charge is -2.17. The highest BCUT2D eigenvalue weighted by Crippen LogP contribution is 2.27. The molecule has 0 atom stereocenters. The van der Waals surface area contributed by atoms with Gasteiger partial charge in [0.15, 0.2) is 5.84 Å². The van der Waals surface area contributed by atoms with Gasteiger partial charge in [-0.15, -0.1) is 4.40 Å². The summed E-state index contributed by atoms with van der Waals surface area (Å²) in [5.41, 5.74) is 1.28. The predicted octanol–water partition coefficient (Wildman–Crippen LogP) is 0.859. The Bertz CT molecular complexity index is 863. The molecule has 1 aliphatic rings. The van der Waals surface area contributed by atoms with Gasteiger partial charge in [0.05, 0.1) is 19.4 Å². The third kappa shape index (κ3) is 3.13. The number of benzene rings is 1. The summed E-state index contributed by atoms with van der Waals surface area (Å²) in [6, 6.07) is 10.1. The van der Waals surface area contributed by atoms with E-state index in [0.29, 0.717) is 5.56 Å². The van der Waals surface area contributed by atoms with Gasteiger partial charge in [-0.2, -0.15) is 13.5 Å². The topological polar surface area (TPSA) is 95.2 Å². The maximum absolute atomic E-state index is 12.1. The SMILES string of the molecule is O=S1(=O)N=C(N(CCO)/N=C\c2ccncc2)c2ccccc21. The minimum atomic E-state index is -3.72.